The second kappa shape index (κ2) is 4.68. The van der Waals surface area contributed by atoms with Gasteiger partial charge in [-0.05, 0) is 12.0 Å². The quantitative estimate of drug-likeness (QED) is 0.835. The van der Waals surface area contributed by atoms with Gasteiger partial charge in [0.05, 0.1) is 10.9 Å². The van der Waals surface area contributed by atoms with Gasteiger partial charge in [0.15, 0.2) is 0 Å². The minimum absolute atomic E-state index is 0.0901. The average molecular weight is 263 g/mol. The smallest absolute Gasteiger partial charge is 0.337 e. The van der Waals surface area contributed by atoms with Crippen LogP contribution in [0.15, 0.2) is 21.9 Å². The van der Waals surface area contributed by atoms with Crippen LogP contribution in [0.1, 0.15) is 24.2 Å². The molecule has 0 radical (unpaired) electrons. The van der Waals surface area contributed by atoms with Crippen LogP contribution in [-0.4, -0.2) is 25.6 Å². The van der Waals surface area contributed by atoms with Crippen LogP contribution in [-0.2, 0) is 6.54 Å². The number of rotatable bonds is 3. The molecule has 2 aromatic rings. The van der Waals surface area contributed by atoms with E-state index >= 15 is 0 Å². The van der Waals surface area contributed by atoms with Gasteiger partial charge >= 0.3 is 11.7 Å². The highest BCUT2D eigenvalue weighted by molar-refractivity contribution is 5.91. The molecule has 100 valence electrons. The summed E-state index contributed by atoms with van der Waals surface area (Å²) in [6.07, 6.45) is 1.14. The molecule has 0 bridgehead atoms. The summed E-state index contributed by atoms with van der Waals surface area (Å²) in [6.45, 7) is 4.25. The van der Waals surface area contributed by atoms with Crippen molar-refractivity contribution in [3.8, 4) is 0 Å². The number of carbonyl (C=O) groups is 1. The van der Waals surface area contributed by atoms with Gasteiger partial charge in [0.1, 0.15) is 5.65 Å². The lowest BCUT2D eigenvalue weighted by Gasteiger charge is -2.10. The molecule has 0 aliphatic heterocycles. The zero-order chi connectivity index (χ0) is 14.2. The Labute approximate surface area is 107 Å². The van der Waals surface area contributed by atoms with Crippen LogP contribution in [0.5, 0.6) is 0 Å². The van der Waals surface area contributed by atoms with Crippen LogP contribution < -0.4 is 11.2 Å². The van der Waals surface area contributed by atoms with Crippen molar-refractivity contribution in [1.29, 1.82) is 0 Å². The van der Waals surface area contributed by atoms with Crippen LogP contribution >= 0.6 is 0 Å². The number of hydrogen-bond acceptors (Lipinski definition) is 4. The Bertz CT molecular complexity index is 758. The number of pyridine rings is 1. The van der Waals surface area contributed by atoms with Gasteiger partial charge in [-0.25, -0.2) is 14.6 Å². The number of carboxylic acid groups (broad SMARTS) is 1. The molecule has 2 N–H and O–H groups in total. The summed E-state index contributed by atoms with van der Waals surface area (Å²) >= 11 is 0. The lowest BCUT2D eigenvalue weighted by atomic mass is 10.2. The maximum atomic E-state index is 11.8. The zero-order valence-corrected chi connectivity index (χ0v) is 10.5. The number of nitrogens with zero attached hydrogens (tertiary/aromatic N) is 2. The molecule has 0 unspecified atom stereocenters. The van der Waals surface area contributed by atoms with Crippen molar-refractivity contribution in [3.63, 3.8) is 0 Å². The van der Waals surface area contributed by atoms with E-state index in [1.165, 1.54) is 10.6 Å². The first-order chi connectivity index (χ1) is 8.90. The number of fused-ring (bicyclic) bond motifs is 1. The minimum atomic E-state index is -1.17. The van der Waals surface area contributed by atoms with Gasteiger partial charge in [-0.3, -0.25) is 14.3 Å². The summed E-state index contributed by atoms with van der Waals surface area (Å²) in [5.74, 6) is -0.983. The summed E-state index contributed by atoms with van der Waals surface area (Å²) in [4.78, 5) is 40.4. The Kier molecular flexibility index (Phi) is 3.20. The first kappa shape index (κ1) is 13.0. The third-order valence-electron chi connectivity index (χ3n) is 2.63. The molecule has 0 saturated carbocycles. The van der Waals surface area contributed by atoms with Crippen molar-refractivity contribution in [2.24, 2.45) is 5.92 Å². The second-order valence-corrected chi connectivity index (χ2v) is 4.66. The van der Waals surface area contributed by atoms with Gasteiger partial charge < -0.3 is 5.11 Å². The van der Waals surface area contributed by atoms with Crippen LogP contribution in [0.2, 0.25) is 0 Å². The number of H-pyrrole nitrogens is 1. The van der Waals surface area contributed by atoms with Crippen molar-refractivity contribution in [1.82, 2.24) is 14.5 Å². The third kappa shape index (κ3) is 2.40. The fourth-order valence-electron chi connectivity index (χ4n) is 1.82. The van der Waals surface area contributed by atoms with Gasteiger partial charge in [-0.15, -0.1) is 0 Å². The molecule has 0 fully saturated rings. The van der Waals surface area contributed by atoms with E-state index in [4.69, 9.17) is 5.11 Å². The Balaban J connectivity index is 2.81. The Morgan fingerprint density at radius 2 is 2.16 bits per heavy atom. The lowest BCUT2D eigenvalue weighted by Crippen LogP contribution is -2.32. The first-order valence-electron chi connectivity index (χ1n) is 5.76. The first-order valence-corrected chi connectivity index (χ1v) is 5.76. The fourth-order valence-corrected chi connectivity index (χ4v) is 1.82. The van der Waals surface area contributed by atoms with Crippen LogP contribution in [0.3, 0.4) is 0 Å². The summed E-state index contributed by atoms with van der Waals surface area (Å²) in [7, 11) is 0. The summed E-state index contributed by atoms with van der Waals surface area (Å²) in [5.41, 5.74) is -1.06. The zero-order valence-electron chi connectivity index (χ0n) is 10.5. The topological polar surface area (TPSA) is 105 Å². The predicted octanol–water partition coefficient (Wildman–Crippen LogP) is 0.439. The largest absolute Gasteiger partial charge is 0.478 e. The highest BCUT2D eigenvalue weighted by atomic mass is 16.4. The number of carboxylic acids is 1. The maximum Gasteiger partial charge on any atom is 0.337 e. The second-order valence-electron chi connectivity index (χ2n) is 4.66. The molecule has 7 nitrogen and oxygen atoms in total. The molecule has 2 rings (SSSR count). The molecule has 0 aromatic carbocycles. The standard InChI is InChI=1S/C12H13N3O4/c1-6(2)5-15-9-8(10(16)14-12(15)19)3-7(4-13-9)11(17)18/h3-4,6H,5H2,1-2H3,(H,17,18)(H,14,16,19). The maximum absolute atomic E-state index is 11.8. The number of aromatic amines is 1. The van der Waals surface area contributed by atoms with Crippen molar-refractivity contribution >= 4 is 17.0 Å². The monoisotopic (exact) mass is 263 g/mol. The SMILES string of the molecule is CC(C)Cn1c(=O)[nH]c(=O)c2cc(C(=O)O)cnc21. The molecule has 0 atom stereocenters. The summed E-state index contributed by atoms with van der Waals surface area (Å²) in [6, 6.07) is 1.22. The molecule has 0 saturated heterocycles. The van der Waals surface area contributed by atoms with E-state index in [1.807, 2.05) is 13.8 Å². The number of hydrogen-bond donors (Lipinski definition) is 2. The van der Waals surface area contributed by atoms with E-state index in [-0.39, 0.29) is 22.5 Å². The molecule has 0 spiro atoms. The highest BCUT2D eigenvalue weighted by Gasteiger charge is 2.12. The fraction of sp³-hybridized carbons (Fsp3) is 0.333. The molecule has 2 aromatic heterocycles. The van der Waals surface area contributed by atoms with E-state index in [0.717, 1.165) is 6.20 Å². The molecular weight excluding hydrogens is 250 g/mol. The minimum Gasteiger partial charge on any atom is -0.478 e. The Hall–Kier alpha value is -2.44. The number of aromatic carboxylic acids is 1. The average Bonchev–Trinajstić information content (AvgIpc) is 2.33. The lowest BCUT2D eigenvalue weighted by molar-refractivity contribution is 0.0696. The van der Waals surface area contributed by atoms with Gasteiger partial charge in [0.2, 0.25) is 0 Å². The van der Waals surface area contributed by atoms with Gasteiger partial charge in [0.25, 0.3) is 5.56 Å². The van der Waals surface area contributed by atoms with E-state index in [2.05, 4.69) is 9.97 Å². The van der Waals surface area contributed by atoms with E-state index < -0.39 is 17.2 Å². The van der Waals surface area contributed by atoms with E-state index in [9.17, 15) is 14.4 Å². The normalized spacial score (nSPS) is 11.1. The van der Waals surface area contributed by atoms with E-state index in [0.29, 0.717) is 6.54 Å². The highest BCUT2D eigenvalue weighted by Crippen LogP contribution is 2.09. The van der Waals surface area contributed by atoms with Crippen LogP contribution in [0, 0.1) is 5.92 Å². The van der Waals surface area contributed by atoms with Crippen molar-refractivity contribution in [2.75, 3.05) is 0 Å². The Morgan fingerprint density at radius 1 is 1.47 bits per heavy atom. The predicted molar refractivity (Wildman–Crippen MR) is 68.4 cm³/mol. The molecule has 0 aliphatic rings. The van der Waals surface area contributed by atoms with Crippen LogP contribution in [0.4, 0.5) is 0 Å². The van der Waals surface area contributed by atoms with Gasteiger partial charge in [-0.1, -0.05) is 13.8 Å². The molecule has 7 heteroatoms. The Morgan fingerprint density at radius 3 is 2.74 bits per heavy atom. The summed E-state index contributed by atoms with van der Waals surface area (Å²) < 4.78 is 1.34. The number of aromatic nitrogens is 3. The van der Waals surface area contributed by atoms with Crippen molar-refractivity contribution in [2.45, 2.75) is 20.4 Å². The molecule has 2 heterocycles. The summed E-state index contributed by atoms with van der Waals surface area (Å²) in [5, 5.41) is 8.98. The van der Waals surface area contributed by atoms with E-state index in [1.54, 1.807) is 0 Å². The molecule has 19 heavy (non-hydrogen) atoms. The molecule has 0 aliphatic carbocycles. The van der Waals surface area contributed by atoms with Crippen LogP contribution in [0.25, 0.3) is 11.0 Å². The van der Waals surface area contributed by atoms with Crippen molar-refractivity contribution in [3.05, 3.63) is 38.7 Å². The van der Waals surface area contributed by atoms with Crippen molar-refractivity contribution < 1.29 is 9.90 Å². The molecule has 0 amide bonds. The third-order valence-corrected chi connectivity index (χ3v) is 2.63. The molecular formula is C12H13N3O4. The van der Waals surface area contributed by atoms with Gasteiger partial charge in [0, 0.05) is 12.7 Å². The van der Waals surface area contributed by atoms with Gasteiger partial charge in [-0.2, -0.15) is 0 Å². The number of nitrogens with one attached hydrogen (secondary N) is 1.